The van der Waals surface area contributed by atoms with E-state index < -0.39 is 11.9 Å². The number of nitrogens with zero attached hydrogens (tertiary/aromatic N) is 2. The van der Waals surface area contributed by atoms with Gasteiger partial charge in [-0.3, -0.25) is 19.3 Å². The summed E-state index contributed by atoms with van der Waals surface area (Å²) < 4.78 is 11.1. The average molecular weight is 475 g/mol. The molecule has 8 heteroatoms. The van der Waals surface area contributed by atoms with Gasteiger partial charge in [-0.25, -0.2) is 0 Å². The molecule has 2 amide bonds. The van der Waals surface area contributed by atoms with E-state index in [1.165, 1.54) is 12.0 Å². The number of amides is 2. The molecule has 1 heterocycles. The minimum atomic E-state index is -0.494. The quantitative estimate of drug-likeness (QED) is 0.576. The van der Waals surface area contributed by atoms with Gasteiger partial charge < -0.3 is 14.4 Å². The third-order valence-electron chi connectivity index (χ3n) is 4.82. The van der Waals surface area contributed by atoms with Crippen molar-refractivity contribution in [1.82, 2.24) is 4.90 Å². The topological polar surface area (TPSA) is 76.2 Å². The van der Waals surface area contributed by atoms with E-state index in [0.29, 0.717) is 18.0 Å². The first kappa shape index (κ1) is 21.8. The summed E-state index contributed by atoms with van der Waals surface area (Å²) in [5.74, 6) is -0.906. The van der Waals surface area contributed by atoms with Crippen molar-refractivity contribution < 1.29 is 23.9 Å². The fourth-order valence-electron chi connectivity index (χ4n) is 3.25. The van der Waals surface area contributed by atoms with E-state index >= 15 is 0 Å². The summed E-state index contributed by atoms with van der Waals surface area (Å²) in [5.41, 5.74) is 1.48. The zero-order chi connectivity index (χ0) is 21.7. The molecule has 0 spiro atoms. The van der Waals surface area contributed by atoms with Gasteiger partial charge in [0.1, 0.15) is 12.3 Å². The molecule has 1 aliphatic heterocycles. The summed E-state index contributed by atoms with van der Waals surface area (Å²) in [6, 6.07) is 14.8. The minimum absolute atomic E-state index is 0.131. The number of halogens is 1. The molecule has 2 aromatic rings. The predicted molar refractivity (Wildman–Crippen MR) is 115 cm³/mol. The third-order valence-corrected chi connectivity index (χ3v) is 5.32. The fraction of sp³-hybridized carbons (Fsp3) is 0.318. The first-order valence-corrected chi connectivity index (χ1v) is 10.3. The minimum Gasteiger partial charge on any atom is -0.482 e. The Morgan fingerprint density at radius 3 is 2.67 bits per heavy atom. The number of ether oxygens (including phenoxy) is 2. The van der Waals surface area contributed by atoms with E-state index in [1.54, 1.807) is 30.0 Å². The molecule has 1 aliphatic rings. The second-order valence-corrected chi connectivity index (χ2v) is 7.98. The number of fused-ring (bicyclic) bond motifs is 1. The molecule has 0 N–H and O–H groups in total. The van der Waals surface area contributed by atoms with Gasteiger partial charge in [-0.05, 0) is 23.8 Å². The summed E-state index contributed by atoms with van der Waals surface area (Å²) in [7, 11) is 1.32. The third kappa shape index (κ3) is 5.18. The molecular formula is C22H23BrN2O5. The van der Waals surface area contributed by atoms with E-state index in [2.05, 4.69) is 15.9 Å². The van der Waals surface area contributed by atoms with Crippen LogP contribution in [0.3, 0.4) is 0 Å². The number of carbonyl (C=O) groups excluding carboxylic acids is 3. The molecule has 1 unspecified atom stereocenters. The van der Waals surface area contributed by atoms with Gasteiger partial charge >= 0.3 is 5.97 Å². The highest BCUT2D eigenvalue weighted by Gasteiger charge is 2.30. The number of benzene rings is 2. The Bertz CT molecular complexity index is 934. The standard InChI is InChI=1S/C22H23BrN2O5/c1-15(22(28)29-2)11-24(12-16-6-4-3-5-7-16)20(26)13-25-18-9-8-17(23)10-19(18)30-14-21(25)27/h3-10,15H,11-14H2,1-2H3. The Morgan fingerprint density at radius 2 is 1.97 bits per heavy atom. The van der Waals surface area contributed by atoms with Crippen LogP contribution in [-0.2, 0) is 25.7 Å². The molecule has 0 radical (unpaired) electrons. The molecule has 0 aliphatic carbocycles. The molecule has 158 valence electrons. The van der Waals surface area contributed by atoms with Crippen molar-refractivity contribution >= 4 is 39.4 Å². The van der Waals surface area contributed by atoms with Crippen LogP contribution in [0.15, 0.2) is 53.0 Å². The lowest BCUT2D eigenvalue weighted by Crippen LogP contribution is -2.47. The number of anilines is 1. The number of esters is 1. The highest BCUT2D eigenvalue weighted by atomic mass is 79.9. The van der Waals surface area contributed by atoms with E-state index in [9.17, 15) is 14.4 Å². The van der Waals surface area contributed by atoms with Crippen molar-refractivity contribution in [3.05, 3.63) is 58.6 Å². The molecule has 1 atom stereocenters. The second kappa shape index (κ2) is 9.75. The van der Waals surface area contributed by atoms with Crippen LogP contribution in [0, 0.1) is 5.92 Å². The summed E-state index contributed by atoms with van der Waals surface area (Å²) in [6.45, 7) is 1.95. The highest BCUT2D eigenvalue weighted by Crippen LogP contribution is 2.34. The lowest BCUT2D eigenvalue weighted by atomic mass is 10.1. The Labute approximate surface area is 183 Å². The van der Waals surface area contributed by atoms with Crippen LogP contribution in [0.5, 0.6) is 5.75 Å². The van der Waals surface area contributed by atoms with Crippen molar-refractivity contribution in [2.24, 2.45) is 5.92 Å². The maximum absolute atomic E-state index is 13.2. The second-order valence-electron chi connectivity index (χ2n) is 7.06. The molecule has 7 nitrogen and oxygen atoms in total. The molecule has 0 bridgehead atoms. The first-order valence-electron chi connectivity index (χ1n) is 9.51. The van der Waals surface area contributed by atoms with Gasteiger partial charge in [-0.1, -0.05) is 53.2 Å². The molecule has 3 rings (SSSR count). The van der Waals surface area contributed by atoms with Crippen molar-refractivity contribution in [3.63, 3.8) is 0 Å². The van der Waals surface area contributed by atoms with E-state index in [1.807, 2.05) is 30.3 Å². The van der Waals surface area contributed by atoms with Gasteiger partial charge in [0.05, 0.1) is 18.7 Å². The maximum Gasteiger partial charge on any atom is 0.310 e. The average Bonchev–Trinajstić information content (AvgIpc) is 2.75. The number of hydrogen-bond donors (Lipinski definition) is 0. The van der Waals surface area contributed by atoms with Crippen molar-refractivity contribution in [3.8, 4) is 5.75 Å². The number of methoxy groups -OCH3 is 1. The fourth-order valence-corrected chi connectivity index (χ4v) is 3.59. The van der Waals surface area contributed by atoms with Gasteiger partial charge in [0, 0.05) is 17.6 Å². The van der Waals surface area contributed by atoms with Crippen molar-refractivity contribution in [2.45, 2.75) is 13.5 Å². The highest BCUT2D eigenvalue weighted by molar-refractivity contribution is 9.10. The summed E-state index contributed by atoms with van der Waals surface area (Å²) >= 11 is 3.38. The van der Waals surface area contributed by atoms with Crippen LogP contribution in [0.2, 0.25) is 0 Å². The maximum atomic E-state index is 13.2. The monoisotopic (exact) mass is 474 g/mol. The smallest absolute Gasteiger partial charge is 0.310 e. The Hall–Kier alpha value is -2.87. The number of rotatable bonds is 7. The van der Waals surface area contributed by atoms with Crippen LogP contribution in [0.25, 0.3) is 0 Å². The van der Waals surface area contributed by atoms with Crippen LogP contribution in [-0.4, -0.2) is 49.5 Å². The largest absolute Gasteiger partial charge is 0.482 e. The summed E-state index contributed by atoms with van der Waals surface area (Å²) in [4.78, 5) is 40.6. The Morgan fingerprint density at radius 1 is 1.23 bits per heavy atom. The molecule has 0 fully saturated rings. The lowest BCUT2D eigenvalue weighted by Gasteiger charge is -2.32. The van der Waals surface area contributed by atoms with E-state index in [0.717, 1.165) is 10.0 Å². The van der Waals surface area contributed by atoms with Crippen LogP contribution in [0.1, 0.15) is 12.5 Å². The molecule has 0 saturated carbocycles. The zero-order valence-electron chi connectivity index (χ0n) is 16.8. The van der Waals surface area contributed by atoms with Gasteiger partial charge in [-0.2, -0.15) is 0 Å². The summed E-state index contributed by atoms with van der Waals surface area (Å²) in [5, 5.41) is 0. The summed E-state index contributed by atoms with van der Waals surface area (Å²) in [6.07, 6.45) is 0. The normalized spacial score (nSPS) is 13.8. The van der Waals surface area contributed by atoms with Gasteiger partial charge in [-0.15, -0.1) is 0 Å². The predicted octanol–water partition coefficient (Wildman–Crippen LogP) is 3.01. The molecule has 0 aromatic heterocycles. The van der Waals surface area contributed by atoms with Crippen molar-refractivity contribution in [2.75, 3.05) is 31.7 Å². The van der Waals surface area contributed by atoms with E-state index in [-0.39, 0.29) is 31.5 Å². The molecule has 0 saturated heterocycles. The van der Waals surface area contributed by atoms with Gasteiger partial charge in [0.25, 0.3) is 5.91 Å². The van der Waals surface area contributed by atoms with E-state index in [4.69, 9.17) is 9.47 Å². The van der Waals surface area contributed by atoms with Gasteiger partial charge in [0.2, 0.25) is 5.91 Å². The zero-order valence-corrected chi connectivity index (χ0v) is 18.4. The molecule has 2 aromatic carbocycles. The molecule has 30 heavy (non-hydrogen) atoms. The Balaban J connectivity index is 1.82. The lowest BCUT2D eigenvalue weighted by molar-refractivity contribution is -0.146. The van der Waals surface area contributed by atoms with Crippen LogP contribution in [0.4, 0.5) is 5.69 Å². The number of carbonyl (C=O) groups is 3. The van der Waals surface area contributed by atoms with Crippen LogP contribution < -0.4 is 9.64 Å². The van der Waals surface area contributed by atoms with Crippen LogP contribution >= 0.6 is 15.9 Å². The van der Waals surface area contributed by atoms with Gasteiger partial charge in [0.15, 0.2) is 6.61 Å². The molecular weight excluding hydrogens is 452 g/mol. The first-order chi connectivity index (χ1) is 14.4. The Kier molecular flexibility index (Phi) is 7.10. The van der Waals surface area contributed by atoms with Crippen molar-refractivity contribution in [1.29, 1.82) is 0 Å². The number of hydrogen-bond acceptors (Lipinski definition) is 5. The SMILES string of the molecule is COC(=O)C(C)CN(Cc1ccccc1)C(=O)CN1C(=O)COc2cc(Br)ccc21.